The van der Waals surface area contributed by atoms with Gasteiger partial charge >= 0.3 is 6.18 Å². The van der Waals surface area contributed by atoms with Crippen LogP contribution in [0.5, 0.6) is 5.75 Å². The molecule has 1 amide bonds. The highest BCUT2D eigenvalue weighted by atomic mass is 35.5. The number of aliphatic hydroxyl groups excluding tert-OH is 2. The van der Waals surface area contributed by atoms with E-state index in [-0.39, 0.29) is 40.1 Å². The van der Waals surface area contributed by atoms with Crippen LogP contribution in [0.3, 0.4) is 0 Å². The molecule has 0 spiro atoms. The van der Waals surface area contributed by atoms with Gasteiger partial charge in [-0.1, -0.05) is 29.8 Å². The predicted octanol–water partition coefficient (Wildman–Crippen LogP) is 3.55. The van der Waals surface area contributed by atoms with Crippen LogP contribution in [0.2, 0.25) is 5.02 Å². The highest BCUT2D eigenvalue weighted by Gasteiger charge is 2.36. The van der Waals surface area contributed by atoms with Crippen LogP contribution in [0, 0.1) is 0 Å². The Kier molecular flexibility index (Phi) is 7.73. The van der Waals surface area contributed by atoms with E-state index in [2.05, 4.69) is 15.5 Å². The smallest absolute Gasteiger partial charge is 0.417 e. The van der Waals surface area contributed by atoms with Crippen molar-refractivity contribution in [1.82, 2.24) is 20.1 Å². The molecular weight excluding hydrogens is 489 g/mol. The van der Waals surface area contributed by atoms with E-state index in [1.54, 1.807) is 13.8 Å². The number of benzene rings is 2. The Morgan fingerprint density at radius 1 is 1.20 bits per heavy atom. The summed E-state index contributed by atoms with van der Waals surface area (Å²) in [7, 11) is 1.52. The number of hydrogen-bond donors (Lipinski definition) is 3. The molecular formula is C23H24ClF3N4O4. The molecule has 1 heterocycles. The number of amides is 1. The van der Waals surface area contributed by atoms with Crippen molar-refractivity contribution in [2.75, 3.05) is 13.2 Å². The summed E-state index contributed by atoms with van der Waals surface area (Å²) in [5.74, 6) is -0.280. The first-order valence-electron chi connectivity index (χ1n) is 10.5. The summed E-state index contributed by atoms with van der Waals surface area (Å²) in [5.41, 5.74) is -2.16. The van der Waals surface area contributed by atoms with E-state index in [1.807, 2.05) is 0 Å². The number of hydrogen-bond acceptors (Lipinski definition) is 6. The van der Waals surface area contributed by atoms with Gasteiger partial charge in [-0.15, -0.1) is 10.2 Å². The van der Waals surface area contributed by atoms with Crippen LogP contribution >= 0.6 is 11.6 Å². The summed E-state index contributed by atoms with van der Waals surface area (Å²) in [6, 6.07) is 9.40. The minimum atomic E-state index is -4.58. The quantitative estimate of drug-likeness (QED) is 0.426. The number of carbonyl (C=O) groups is 1. The average molecular weight is 513 g/mol. The Labute approximate surface area is 204 Å². The van der Waals surface area contributed by atoms with Crippen molar-refractivity contribution in [2.45, 2.75) is 31.7 Å². The summed E-state index contributed by atoms with van der Waals surface area (Å²) in [5, 5.41) is 29.2. The van der Waals surface area contributed by atoms with E-state index in [4.69, 9.17) is 21.4 Å². The van der Waals surface area contributed by atoms with Gasteiger partial charge in [-0.2, -0.15) is 13.2 Å². The number of carbonyl (C=O) groups excluding carboxylic acids is 1. The maximum absolute atomic E-state index is 13.5. The summed E-state index contributed by atoms with van der Waals surface area (Å²) in [6.45, 7) is 2.53. The molecule has 0 fully saturated rings. The number of nitrogens with zero attached hydrogens (tertiary/aromatic N) is 3. The van der Waals surface area contributed by atoms with Gasteiger partial charge in [0.25, 0.3) is 5.91 Å². The van der Waals surface area contributed by atoms with Crippen LogP contribution in [0.25, 0.3) is 11.4 Å². The standard InChI is InChI=1S/C23H24ClF3N4O4/c1-22(2,35-18-9-8-13(24)10-16(18)20(34)28-11-14(33)12-32)21-30-29-19(31(21)3)15-6-4-5-7-17(15)23(25,26)27/h4-10,14,32-33H,11-12H2,1-3H3,(H,28,34). The van der Waals surface area contributed by atoms with Gasteiger partial charge in [0.1, 0.15) is 5.75 Å². The lowest BCUT2D eigenvalue weighted by Gasteiger charge is -2.27. The molecule has 3 aromatic rings. The summed E-state index contributed by atoms with van der Waals surface area (Å²) < 4.78 is 48.0. The Balaban J connectivity index is 1.95. The second-order valence-electron chi connectivity index (χ2n) is 8.25. The molecule has 0 saturated heterocycles. The zero-order chi connectivity index (χ0) is 26.0. The molecule has 1 atom stereocenters. The van der Waals surface area contributed by atoms with E-state index in [0.29, 0.717) is 0 Å². The minimum absolute atomic E-state index is 0.00309. The zero-order valence-corrected chi connectivity index (χ0v) is 19.9. The van der Waals surface area contributed by atoms with Crippen molar-refractivity contribution in [2.24, 2.45) is 7.05 Å². The average Bonchev–Trinajstić information content (AvgIpc) is 3.19. The minimum Gasteiger partial charge on any atom is -0.479 e. The molecule has 2 aromatic carbocycles. The summed E-state index contributed by atoms with van der Waals surface area (Å²) in [4.78, 5) is 12.7. The van der Waals surface area contributed by atoms with Gasteiger partial charge in [-0.05, 0) is 38.1 Å². The maximum Gasteiger partial charge on any atom is 0.417 e. The molecule has 0 saturated carbocycles. The van der Waals surface area contributed by atoms with Gasteiger partial charge in [-0.25, -0.2) is 0 Å². The number of nitrogens with one attached hydrogen (secondary N) is 1. The summed E-state index contributed by atoms with van der Waals surface area (Å²) >= 11 is 6.04. The maximum atomic E-state index is 13.5. The highest BCUT2D eigenvalue weighted by molar-refractivity contribution is 6.31. The molecule has 1 aromatic heterocycles. The number of halogens is 4. The fraction of sp³-hybridized carbons (Fsp3) is 0.348. The molecule has 188 valence electrons. The van der Waals surface area contributed by atoms with Crippen molar-refractivity contribution in [1.29, 1.82) is 0 Å². The number of aliphatic hydroxyl groups is 2. The van der Waals surface area contributed by atoms with Gasteiger partial charge in [0.2, 0.25) is 0 Å². The lowest BCUT2D eigenvalue weighted by atomic mass is 10.1. The van der Waals surface area contributed by atoms with Crippen LogP contribution in [-0.2, 0) is 18.8 Å². The molecule has 3 rings (SSSR count). The first-order valence-corrected chi connectivity index (χ1v) is 10.8. The lowest BCUT2D eigenvalue weighted by molar-refractivity contribution is -0.137. The monoisotopic (exact) mass is 512 g/mol. The van der Waals surface area contributed by atoms with E-state index >= 15 is 0 Å². The van der Waals surface area contributed by atoms with Gasteiger partial charge in [-0.3, -0.25) is 4.79 Å². The molecule has 3 N–H and O–H groups in total. The van der Waals surface area contributed by atoms with Gasteiger partial charge in [0.05, 0.1) is 23.8 Å². The molecule has 0 bridgehead atoms. The number of ether oxygens (including phenoxy) is 1. The Morgan fingerprint density at radius 3 is 2.54 bits per heavy atom. The molecule has 0 aliphatic carbocycles. The first-order chi connectivity index (χ1) is 16.3. The van der Waals surface area contributed by atoms with Crippen LogP contribution in [0.1, 0.15) is 35.6 Å². The third kappa shape index (κ3) is 5.92. The fourth-order valence-corrected chi connectivity index (χ4v) is 3.64. The molecule has 0 radical (unpaired) electrons. The van der Waals surface area contributed by atoms with E-state index in [1.165, 1.54) is 48.0 Å². The van der Waals surface area contributed by atoms with Gasteiger partial charge < -0.3 is 24.8 Å². The van der Waals surface area contributed by atoms with Crippen LogP contribution in [-0.4, -0.2) is 50.1 Å². The van der Waals surface area contributed by atoms with Crippen molar-refractivity contribution in [3.8, 4) is 17.1 Å². The molecule has 1 unspecified atom stereocenters. The number of alkyl halides is 3. The molecule has 12 heteroatoms. The van der Waals surface area contributed by atoms with E-state index in [0.717, 1.165) is 6.07 Å². The second kappa shape index (κ2) is 10.2. The third-order valence-electron chi connectivity index (χ3n) is 5.15. The predicted molar refractivity (Wildman–Crippen MR) is 122 cm³/mol. The van der Waals surface area contributed by atoms with E-state index < -0.39 is 36.0 Å². The second-order valence-corrected chi connectivity index (χ2v) is 8.69. The van der Waals surface area contributed by atoms with Crippen molar-refractivity contribution < 1.29 is 32.9 Å². The number of rotatable bonds is 8. The Bertz CT molecular complexity index is 1210. The SMILES string of the molecule is Cn1c(-c2ccccc2C(F)(F)F)nnc1C(C)(C)Oc1ccc(Cl)cc1C(=O)NCC(O)CO. The highest BCUT2D eigenvalue weighted by Crippen LogP contribution is 2.37. The molecule has 0 aliphatic heterocycles. The molecule has 8 nitrogen and oxygen atoms in total. The fourth-order valence-electron chi connectivity index (χ4n) is 3.47. The largest absolute Gasteiger partial charge is 0.479 e. The Morgan fingerprint density at radius 2 is 1.89 bits per heavy atom. The van der Waals surface area contributed by atoms with E-state index in [9.17, 15) is 23.1 Å². The van der Waals surface area contributed by atoms with Crippen LogP contribution in [0.4, 0.5) is 13.2 Å². The topological polar surface area (TPSA) is 110 Å². The van der Waals surface area contributed by atoms with Gasteiger partial charge in [0, 0.05) is 24.2 Å². The van der Waals surface area contributed by atoms with Gasteiger partial charge in [0.15, 0.2) is 17.2 Å². The number of aromatic nitrogens is 3. The Hall–Kier alpha value is -3.15. The normalized spacial score (nSPS) is 12.9. The molecule has 35 heavy (non-hydrogen) atoms. The third-order valence-corrected chi connectivity index (χ3v) is 5.38. The first kappa shape index (κ1) is 26.5. The van der Waals surface area contributed by atoms with Crippen molar-refractivity contribution >= 4 is 17.5 Å². The summed E-state index contributed by atoms with van der Waals surface area (Å²) in [6.07, 6.45) is -5.72. The van der Waals surface area contributed by atoms with Crippen molar-refractivity contribution in [3.05, 3.63) is 64.4 Å². The van der Waals surface area contributed by atoms with Crippen LogP contribution in [0.15, 0.2) is 42.5 Å². The molecule has 0 aliphatic rings. The zero-order valence-electron chi connectivity index (χ0n) is 19.1. The van der Waals surface area contributed by atoms with Crippen LogP contribution < -0.4 is 10.1 Å². The lowest BCUT2D eigenvalue weighted by Crippen LogP contribution is -2.35. The van der Waals surface area contributed by atoms with Crippen molar-refractivity contribution in [3.63, 3.8) is 0 Å².